The van der Waals surface area contributed by atoms with Crippen molar-refractivity contribution in [3.8, 4) is 11.5 Å². The van der Waals surface area contributed by atoms with Crippen LogP contribution in [0.4, 0.5) is 11.4 Å². The molecule has 0 aliphatic rings. The van der Waals surface area contributed by atoms with Gasteiger partial charge in [0, 0.05) is 17.4 Å². The molecule has 10 heteroatoms. The lowest BCUT2D eigenvalue weighted by Gasteiger charge is -2.06. The minimum atomic E-state index is -0.649. The van der Waals surface area contributed by atoms with E-state index >= 15 is 0 Å². The third kappa shape index (κ3) is 5.26. The number of carbonyl (C=O) groups is 2. The number of methoxy groups -OCH3 is 2. The summed E-state index contributed by atoms with van der Waals surface area (Å²) in [6, 6.07) is 9.11. The summed E-state index contributed by atoms with van der Waals surface area (Å²) >= 11 is 0. The van der Waals surface area contributed by atoms with E-state index in [0.717, 1.165) is 0 Å². The number of nitrogens with one attached hydrogen (secondary N) is 2. The smallest absolute Gasteiger partial charge is 0.278 e. The summed E-state index contributed by atoms with van der Waals surface area (Å²) in [5.74, 6) is -0.590. The molecule has 0 atom stereocenters. The molecule has 10 nitrogen and oxygen atoms in total. The van der Waals surface area contributed by atoms with Gasteiger partial charge in [-0.2, -0.15) is 0 Å². The van der Waals surface area contributed by atoms with Gasteiger partial charge in [0.1, 0.15) is 11.5 Å². The Balaban J connectivity index is 0.000000260. The Morgan fingerprint density at radius 3 is 1.85 bits per heavy atom. The lowest BCUT2D eigenvalue weighted by molar-refractivity contribution is 0.0698. The largest absolute Gasteiger partial charge is 0.496 e. The predicted molar refractivity (Wildman–Crippen MR) is 93.3 cm³/mol. The third-order valence-corrected chi connectivity index (χ3v) is 3.14. The van der Waals surface area contributed by atoms with E-state index in [1.807, 2.05) is 0 Å². The van der Waals surface area contributed by atoms with Gasteiger partial charge in [0.05, 0.1) is 25.3 Å². The van der Waals surface area contributed by atoms with Crippen molar-refractivity contribution in [1.29, 1.82) is 0 Å². The molecule has 2 aromatic rings. The fourth-order valence-electron chi connectivity index (χ4n) is 1.92. The van der Waals surface area contributed by atoms with Gasteiger partial charge in [0.25, 0.3) is 11.8 Å². The number of amides is 2. The van der Waals surface area contributed by atoms with Crippen LogP contribution in [-0.2, 0) is 0 Å². The molecule has 0 aliphatic carbocycles. The summed E-state index contributed by atoms with van der Waals surface area (Å²) in [4.78, 5) is 22.1. The number of rotatable bonds is 4. The quantitative estimate of drug-likeness (QED) is 0.263. The second-order valence-electron chi connectivity index (χ2n) is 4.80. The molecule has 140 valence electrons. The fourth-order valence-corrected chi connectivity index (χ4v) is 1.92. The summed E-state index contributed by atoms with van der Waals surface area (Å²) in [5, 5.41) is 16.8. The molecular formula is C16H20N4O6. The first-order valence-electron chi connectivity index (χ1n) is 7.13. The van der Waals surface area contributed by atoms with Gasteiger partial charge in [-0.25, -0.2) is 11.0 Å². The predicted octanol–water partition coefficient (Wildman–Crippen LogP) is 0.793. The van der Waals surface area contributed by atoms with Crippen LogP contribution in [0.3, 0.4) is 0 Å². The maximum absolute atomic E-state index is 11.0. The lowest BCUT2D eigenvalue weighted by Crippen LogP contribution is -2.19. The van der Waals surface area contributed by atoms with Gasteiger partial charge in [-0.15, -0.1) is 0 Å². The number of nitrogens with two attached hydrogens (primary N) is 2. The zero-order valence-corrected chi connectivity index (χ0v) is 14.1. The Morgan fingerprint density at radius 1 is 0.808 bits per heavy atom. The average Bonchev–Trinajstić information content (AvgIpc) is 2.67. The molecule has 0 spiro atoms. The molecule has 0 fully saturated rings. The van der Waals surface area contributed by atoms with E-state index < -0.39 is 11.8 Å². The van der Waals surface area contributed by atoms with E-state index in [-0.39, 0.29) is 11.1 Å². The summed E-state index contributed by atoms with van der Waals surface area (Å²) < 4.78 is 9.79. The molecule has 2 aromatic carbocycles. The Hall–Kier alpha value is -3.50. The zero-order chi connectivity index (χ0) is 19.7. The number of nitrogen functional groups attached to an aromatic ring is 2. The van der Waals surface area contributed by atoms with Crippen molar-refractivity contribution in [3.05, 3.63) is 47.5 Å². The van der Waals surface area contributed by atoms with Crippen LogP contribution in [0.25, 0.3) is 0 Å². The van der Waals surface area contributed by atoms with Crippen LogP contribution >= 0.6 is 0 Å². The summed E-state index contributed by atoms with van der Waals surface area (Å²) in [6.07, 6.45) is 0. The maximum Gasteiger partial charge on any atom is 0.278 e. The number of hydrogen-bond donors (Lipinski definition) is 6. The monoisotopic (exact) mass is 364 g/mol. The van der Waals surface area contributed by atoms with Crippen molar-refractivity contribution in [2.45, 2.75) is 0 Å². The van der Waals surface area contributed by atoms with Crippen molar-refractivity contribution < 1.29 is 29.5 Å². The average molecular weight is 364 g/mol. The topological polar surface area (TPSA) is 169 Å². The van der Waals surface area contributed by atoms with E-state index in [0.29, 0.717) is 22.9 Å². The van der Waals surface area contributed by atoms with Gasteiger partial charge in [-0.3, -0.25) is 20.0 Å². The van der Waals surface area contributed by atoms with Crippen molar-refractivity contribution >= 4 is 23.2 Å². The second-order valence-corrected chi connectivity index (χ2v) is 4.80. The molecule has 2 rings (SSSR count). The molecule has 26 heavy (non-hydrogen) atoms. The first kappa shape index (κ1) is 20.5. The Kier molecular flexibility index (Phi) is 7.67. The lowest BCUT2D eigenvalue weighted by atomic mass is 10.1. The van der Waals surface area contributed by atoms with Crippen molar-refractivity contribution in [3.63, 3.8) is 0 Å². The standard InChI is InChI=1S/2C8H10N2O3/c1-13-7-3-2-5(9)4-6(7)8(11)10-12;1-13-7-4-5(9)2-3-6(7)8(11)10-12/h2*2-4,12H,9H2,1H3,(H,10,11). The molecule has 0 radical (unpaired) electrons. The Bertz CT molecular complexity index is 781. The minimum absolute atomic E-state index is 0.199. The highest BCUT2D eigenvalue weighted by Gasteiger charge is 2.11. The number of ether oxygens (including phenoxy) is 2. The van der Waals surface area contributed by atoms with Crippen LogP contribution in [0, 0.1) is 0 Å². The minimum Gasteiger partial charge on any atom is -0.496 e. The summed E-state index contributed by atoms with van der Waals surface area (Å²) in [6.45, 7) is 0. The Morgan fingerprint density at radius 2 is 1.31 bits per heavy atom. The van der Waals surface area contributed by atoms with Gasteiger partial charge in [-0.1, -0.05) is 0 Å². The van der Waals surface area contributed by atoms with Crippen LogP contribution in [0.5, 0.6) is 11.5 Å². The number of anilines is 2. The zero-order valence-electron chi connectivity index (χ0n) is 14.1. The van der Waals surface area contributed by atoms with E-state index in [1.165, 1.54) is 43.4 Å². The molecule has 0 heterocycles. The summed E-state index contributed by atoms with van der Waals surface area (Å²) in [7, 11) is 2.85. The van der Waals surface area contributed by atoms with E-state index in [1.54, 1.807) is 18.2 Å². The van der Waals surface area contributed by atoms with Crippen molar-refractivity contribution in [2.75, 3.05) is 25.7 Å². The molecule has 0 aromatic heterocycles. The molecule has 0 unspecified atom stereocenters. The van der Waals surface area contributed by atoms with Gasteiger partial charge in [0.2, 0.25) is 0 Å². The first-order valence-corrected chi connectivity index (χ1v) is 7.13. The van der Waals surface area contributed by atoms with Crippen LogP contribution in [0.15, 0.2) is 36.4 Å². The highest BCUT2D eigenvalue weighted by atomic mass is 16.5. The molecule has 0 saturated carbocycles. The Labute approximate surface area is 149 Å². The molecule has 0 saturated heterocycles. The van der Waals surface area contributed by atoms with E-state index in [4.69, 9.17) is 31.4 Å². The van der Waals surface area contributed by atoms with Gasteiger partial charge in [-0.05, 0) is 30.3 Å². The van der Waals surface area contributed by atoms with Gasteiger partial charge >= 0.3 is 0 Å². The molecule has 0 bridgehead atoms. The van der Waals surface area contributed by atoms with Crippen LogP contribution < -0.4 is 31.9 Å². The number of hydrogen-bond acceptors (Lipinski definition) is 8. The molecule has 0 aliphatic heterocycles. The van der Waals surface area contributed by atoms with Crippen molar-refractivity contribution in [2.24, 2.45) is 0 Å². The molecular weight excluding hydrogens is 344 g/mol. The first-order chi connectivity index (χ1) is 12.4. The molecule has 2 amide bonds. The van der Waals surface area contributed by atoms with Gasteiger partial charge in [0.15, 0.2) is 0 Å². The van der Waals surface area contributed by atoms with Crippen molar-refractivity contribution in [1.82, 2.24) is 11.0 Å². The maximum atomic E-state index is 11.0. The highest BCUT2D eigenvalue weighted by Crippen LogP contribution is 2.21. The number of carbonyl (C=O) groups excluding carboxylic acids is 2. The SMILES string of the molecule is COc1cc(N)ccc1C(=O)NO.COc1ccc(N)cc1C(=O)NO. The van der Waals surface area contributed by atoms with Crippen LogP contribution in [0.2, 0.25) is 0 Å². The molecule has 8 N–H and O–H groups in total. The number of hydroxylamine groups is 2. The number of benzene rings is 2. The fraction of sp³-hybridized carbons (Fsp3) is 0.125. The van der Waals surface area contributed by atoms with Crippen LogP contribution in [0.1, 0.15) is 20.7 Å². The third-order valence-electron chi connectivity index (χ3n) is 3.14. The normalized spacial score (nSPS) is 9.38. The van der Waals surface area contributed by atoms with E-state index in [2.05, 4.69) is 0 Å². The van der Waals surface area contributed by atoms with Gasteiger partial charge < -0.3 is 20.9 Å². The second kappa shape index (κ2) is 9.71. The summed E-state index contributed by atoms with van der Waals surface area (Å²) in [5.41, 5.74) is 15.3. The highest BCUT2D eigenvalue weighted by molar-refractivity contribution is 5.97. The van der Waals surface area contributed by atoms with E-state index in [9.17, 15) is 9.59 Å². The van der Waals surface area contributed by atoms with Crippen LogP contribution in [-0.4, -0.2) is 36.4 Å².